The normalized spacial score (nSPS) is 12.5. The first kappa shape index (κ1) is 13.6. The average Bonchev–Trinajstić information content (AvgIpc) is 2.29. The van der Waals surface area contributed by atoms with Crippen molar-refractivity contribution in [1.82, 2.24) is 4.98 Å². The number of hydrogen-bond acceptors (Lipinski definition) is 3. The summed E-state index contributed by atoms with van der Waals surface area (Å²) in [6, 6.07) is 3.07. The molecule has 92 valence electrons. The van der Waals surface area contributed by atoms with E-state index >= 15 is 0 Å². The van der Waals surface area contributed by atoms with Crippen LogP contribution in [0.3, 0.4) is 0 Å². The van der Waals surface area contributed by atoms with E-state index < -0.39 is 10.0 Å². The number of primary sulfonamides is 1. The molecule has 1 aromatic rings. The molecule has 0 unspecified atom stereocenters. The first-order valence-corrected chi connectivity index (χ1v) is 6.85. The van der Waals surface area contributed by atoms with Gasteiger partial charge in [0.15, 0.2) is 0 Å². The fraction of sp³-hybridized carbons (Fsp3) is 0.250. The Morgan fingerprint density at radius 3 is 2.65 bits per heavy atom. The van der Waals surface area contributed by atoms with Gasteiger partial charge in [0.2, 0.25) is 10.0 Å². The van der Waals surface area contributed by atoms with E-state index in [0.29, 0.717) is 5.69 Å². The molecule has 0 radical (unpaired) electrons. The van der Waals surface area contributed by atoms with E-state index in [0.717, 1.165) is 18.4 Å². The van der Waals surface area contributed by atoms with Crippen LogP contribution in [0.4, 0.5) is 0 Å². The van der Waals surface area contributed by atoms with Gasteiger partial charge in [0.1, 0.15) is 4.90 Å². The van der Waals surface area contributed by atoms with E-state index in [1.807, 2.05) is 6.08 Å². The molecular formula is C12H16N2O2S. The minimum atomic E-state index is -3.68. The third kappa shape index (κ3) is 3.80. The highest BCUT2D eigenvalue weighted by molar-refractivity contribution is 7.89. The van der Waals surface area contributed by atoms with Crippen LogP contribution in [0.15, 0.2) is 42.0 Å². The lowest BCUT2D eigenvalue weighted by molar-refractivity contribution is 0.597. The number of unbranched alkanes of at least 4 members (excludes halogenated alkanes) is 1. The highest BCUT2D eigenvalue weighted by Crippen LogP contribution is 2.15. The third-order valence-corrected chi connectivity index (χ3v) is 3.13. The second-order valence-corrected chi connectivity index (χ2v) is 5.14. The summed E-state index contributed by atoms with van der Waals surface area (Å²) in [5.41, 5.74) is 1.59. The summed E-state index contributed by atoms with van der Waals surface area (Å²) in [5.74, 6) is 0. The Bertz CT molecular complexity index is 516. The molecule has 1 aromatic heterocycles. The lowest BCUT2D eigenvalue weighted by Crippen LogP contribution is -2.12. The van der Waals surface area contributed by atoms with Gasteiger partial charge in [-0.1, -0.05) is 32.1 Å². The smallest absolute Gasteiger partial charge is 0.239 e. The highest BCUT2D eigenvalue weighted by Gasteiger charge is 2.08. The van der Waals surface area contributed by atoms with E-state index in [2.05, 4.69) is 18.5 Å². The molecule has 5 heteroatoms. The fourth-order valence-corrected chi connectivity index (χ4v) is 1.77. The second kappa shape index (κ2) is 5.75. The number of nitrogens with two attached hydrogens (primary N) is 1. The van der Waals surface area contributed by atoms with Crippen molar-refractivity contribution in [3.8, 4) is 0 Å². The molecule has 0 saturated heterocycles. The van der Waals surface area contributed by atoms with E-state index in [-0.39, 0.29) is 4.90 Å². The first-order valence-electron chi connectivity index (χ1n) is 5.31. The van der Waals surface area contributed by atoms with Crippen LogP contribution in [-0.2, 0) is 10.0 Å². The van der Waals surface area contributed by atoms with Crippen molar-refractivity contribution < 1.29 is 8.42 Å². The van der Waals surface area contributed by atoms with Gasteiger partial charge in [0.05, 0.1) is 5.69 Å². The number of hydrogen-bond donors (Lipinski definition) is 1. The van der Waals surface area contributed by atoms with Crippen LogP contribution in [0, 0.1) is 0 Å². The minimum Gasteiger partial charge on any atom is -0.255 e. The van der Waals surface area contributed by atoms with Gasteiger partial charge in [0.25, 0.3) is 0 Å². The lowest BCUT2D eigenvalue weighted by atomic mass is 10.1. The summed E-state index contributed by atoms with van der Waals surface area (Å²) in [4.78, 5) is 4.08. The number of nitrogens with zero attached hydrogens (tertiary/aromatic N) is 1. The zero-order chi connectivity index (χ0) is 12.9. The summed E-state index contributed by atoms with van der Waals surface area (Å²) in [7, 11) is -3.68. The highest BCUT2D eigenvalue weighted by atomic mass is 32.2. The predicted molar refractivity (Wildman–Crippen MR) is 68.7 cm³/mol. The van der Waals surface area contributed by atoms with Gasteiger partial charge in [0, 0.05) is 6.20 Å². The van der Waals surface area contributed by atoms with Crippen LogP contribution in [-0.4, -0.2) is 13.4 Å². The van der Waals surface area contributed by atoms with Crippen molar-refractivity contribution in [3.05, 3.63) is 42.8 Å². The summed E-state index contributed by atoms with van der Waals surface area (Å²) in [6.07, 6.45) is 6.95. The molecule has 1 rings (SSSR count). The molecule has 2 N–H and O–H groups in total. The van der Waals surface area contributed by atoms with Crippen LogP contribution in [0.25, 0.3) is 5.57 Å². The monoisotopic (exact) mass is 252 g/mol. The zero-order valence-corrected chi connectivity index (χ0v) is 10.6. The minimum absolute atomic E-state index is 0.0140. The molecule has 0 saturated carbocycles. The Hall–Kier alpha value is -1.46. The summed E-state index contributed by atoms with van der Waals surface area (Å²) >= 11 is 0. The Morgan fingerprint density at radius 1 is 1.53 bits per heavy atom. The van der Waals surface area contributed by atoms with Gasteiger partial charge in [-0.3, -0.25) is 4.98 Å². The summed E-state index contributed by atoms with van der Waals surface area (Å²) in [6.45, 7) is 5.79. The molecule has 1 heterocycles. The predicted octanol–water partition coefficient (Wildman–Crippen LogP) is 2.10. The maximum Gasteiger partial charge on any atom is 0.239 e. The van der Waals surface area contributed by atoms with Gasteiger partial charge >= 0.3 is 0 Å². The fourth-order valence-electron chi connectivity index (χ4n) is 1.31. The molecular weight excluding hydrogens is 236 g/mol. The molecule has 0 bridgehead atoms. The molecule has 4 nitrogen and oxygen atoms in total. The SMILES string of the molecule is C=C/C(=C/CCC)c1ccc(S(N)(=O)=O)cn1. The molecule has 17 heavy (non-hydrogen) atoms. The Kier molecular flexibility index (Phi) is 4.60. The van der Waals surface area contributed by atoms with E-state index in [1.54, 1.807) is 12.1 Å². The van der Waals surface area contributed by atoms with Crippen molar-refractivity contribution in [2.75, 3.05) is 0 Å². The topological polar surface area (TPSA) is 73.1 Å². The molecule has 0 aromatic carbocycles. The molecule has 0 atom stereocenters. The van der Waals surface area contributed by atoms with Crippen molar-refractivity contribution in [2.24, 2.45) is 5.14 Å². The number of pyridine rings is 1. The third-order valence-electron chi connectivity index (χ3n) is 2.23. The summed E-state index contributed by atoms with van der Waals surface area (Å²) in [5, 5.41) is 4.99. The van der Waals surface area contributed by atoms with Gasteiger partial charge < -0.3 is 0 Å². The van der Waals surface area contributed by atoms with Crippen molar-refractivity contribution in [2.45, 2.75) is 24.7 Å². The van der Waals surface area contributed by atoms with Crippen LogP contribution < -0.4 is 5.14 Å². The lowest BCUT2D eigenvalue weighted by Gasteiger charge is -2.03. The van der Waals surface area contributed by atoms with Crippen LogP contribution in [0.2, 0.25) is 0 Å². The van der Waals surface area contributed by atoms with E-state index in [9.17, 15) is 8.42 Å². The van der Waals surface area contributed by atoms with E-state index in [1.165, 1.54) is 12.3 Å². The molecule has 0 amide bonds. The first-order chi connectivity index (χ1) is 7.99. The molecule has 0 aliphatic heterocycles. The average molecular weight is 252 g/mol. The maximum absolute atomic E-state index is 11.1. The van der Waals surface area contributed by atoms with Gasteiger partial charge in [-0.15, -0.1) is 0 Å². The largest absolute Gasteiger partial charge is 0.255 e. The van der Waals surface area contributed by atoms with Crippen molar-refractivity contribution >= 4 is 15.6 Å². The number of sulfonamides is 1. The van der Waals surface area contributed by atoms with E-state index in [4.69, 9.17) is 5.14 Å². The van der Waals surface area contributed by atoms with Crippen molar-refractivity contribution in [3.63, 3.8) is 0 Å². The summed E-state index contributed by atoms with van der Waals surface area (Å²) < 4.78 is 22.1. The van der Waals surface area contributed by atoms with Crippen LogP contribution in [0.5, 0.6) is 0 Å². The number of aromatic nitrogens is 1. The molecule has 0 fully saturated rings. The second-order valence-electron chi connectivity index (χ2n) is 3.58. The van der Waals surface area contributed by atoms with Crippen molar-refractivity contribution in [1.29, 1.82) is 0 Å². The Labute approximate surface area is 102 Å². The van der Waals surface area contributed by atoms with Gasteiger partial charge in [-0.05, 0) is 24.1 Å². The zero-order valence-electron chi connectivity index (χ0n) is 9.76. The quantitative estimate of drug-likeness (QED) is 0.815. The standard InChI is InChI=1S/C12H16N2O2S/c1-3-5-6-10(4-2)12-8-7-11(9-14-12)17(13,15)16/h4,6-9H,2-3,5H2,1H3,(H2,13,15,16)/b10-6-. The molecule has 0 aliphatic rings. The van der Waals surface area contributed by atoms with Crippen LogP contribution >= 0.6 is 0 Å². The molecule has 0 spiro atoms. The maximum atomic E-state index is 11.1. The van der Waals surface area contributed by atoms with Crippen LogP contribution in [0.1, 0.15) is 25.5 Å². The number of allylic oxidation sites excluding steroid dienone is 3. The van der Waals surface area contributed by atoms with Gasteiger partial charge in [-0.25, -0.2) is 13.6 Å². The Balaban J connectivity index is 3.05. The molecule has 0 aliphatic carbocycles. The Morgan fingerprint density at radius 2 is 2.24 bits per heavy atom. The van der Waals surface area contributed by atoms with Gasteiger partial charge in [-0.2, -0.15) is 0 Å². The number of rotatable bonds is 5.